The van der Waals surface area contributed by atoms with E-state index in [-0.39, 0.29) is 6.04 Å². The number of nitrogens with two attached hydrogens (primary N) is 1. The molecule has 0 bridgehead atoms. The molecule has 4 heteroatoms. The van der Waals surface area contributed by atoms with Crippen LogP contribution in [0.2, 0.25) is 0 Å². The van der Waals surface area contributed by atoms with Crippen LogP contribution in [0.3, 0.4) is 0 Å². The smallest absolute Gasteiger partial charge is 0.0344 e. The summed E-state index contributed by atoms with van der Waals surface area (Å²) >= 11 is 4.15. The van der Waals surface area contributed by atoms with Crippen molar-refractivity contribution in [2.45, 2.75) is 17.4 Å². The summed E-state index contributed by atoms with van der Waals surface area (Å²) in [7, 11) is 0. The second-order valence-corrected chi connectivity index (χ2v) is 6.66. The van der Waals surface area contributed by atoms with Crippen LogP contribution in [0.4, 0.5) is 0 Å². The predicted molar refractivity (Wildman–Crippen MR) is 91.1 cm³/mol. The number of halogens is 1. The summed E-state index contributed by atoms with van der Waals surface area (Å²) in [4.78, 5) is 1.28. The molecule has 0 fully saturated rings. The molecule has 0 amide bonds. The first kappa shape index (κ1) is 14.8. The van der Waals surface area contributed by atoms with E-state index in [1.165, 1.54) is 14.0 Å². The van der Waals surface area contributed by atoms with Crippen molar-refractivity contribution in [2.75, 3.05) is 5.75 Å². The lowest BCUT2D eigenvalue weighted by molar-refractivity contribution is 0.575. The summed E-state index contributed by atoms with van der Waals surface area (Å²) in [6, 6.07) is 19.3. The first-order valence-electron chi connectivity index (χ1n) is 6.16. The number of hydrogen-bond donors (Lipinski definition) is 2. The van der Waals surface area contributed by atoms with Crippen molar-refractivity contribution in [3.63, 3.8) is 0 Å². The van der Waals surface area contributed by atoms with Crippen molar-refractivity contribution in [1.82, 2.24) is 5.43 Å². The first-order valence-corrected chi connectivity index (χ1v) is 8.23. The Bertz CT molecular complexity index is 487. The number of hydrazine groups is 1. The largest absolute Gasteiger partial charge is 0.271 e. The molecule has 0 radical (unpaired) electrons. The third-order valence-corrected chi connectivity index (χ3v) is 4.72. The molecular formula is C15H17IN2S. The number of benzene rings is 2. The molecule has 0 aliphatic carbocycles. The van der Waals surface area contributed by atoms with Crippen molar-refractivity contribution in [3.8, 4) is 0 Å². The number of rotatable bonds is 6. The summed E-state index contributed by atoms with van der Waals surface area (Å²) in [6.45, 7) is 0. The standard InChI is InChI=1S/C15H17IN2S/c16-13-8-6-12(7-9-13)10-14(18-17)11-19-15-4-2-1-3-5-15/h1-9,14,18H,10-11,17H2. The zero-order valence-electron chi connectivity index (χ0n) is 10.6. The van der Waals surface area contributed by atoms with Crippen LogP contribution >= 0.6 is 34.4 Å². The lowest BCUT2D eigenvalue weighted by Crippen LogP contribution is -2.38. The van der Waals surface area contributed by atoms with Crippen LogP contribution in [0.5, 0.6) is 0 Å². The fourth-order valence-electron chi connectivity index (χ4n) is 1.78. The van der Waals surface area contributed by atoms with E-state index in [0.717, 1.165) is 12.2 Å². The second kappa shape index (κ2) is 7.89. The number of nitrogens with one attached hydrogen (secondary N) is 1. The van der Waals surface area contributed by atoms with Gasteiger partial charge in [-0.1, -0.05) is 30.3 Å². The third kappa shape index (κ3) is 5.14. The summed E-state index contributed by atoms with van der Waals surface area (Å²) in [5.41, 5.74) is 4.23. The molecule has 0 aliphatic heterocycles. The molecule has 2 aromatic carbocycles. The molecule has 2 rings (SSSR count). The maximum absolute atomic E-state index is 5.65. The fourth-order valence-corrected chi connectivity index (χ4v) is 3.10. The van der Waals surface area contributed by atoms with Crippen molar-refractivity contribution >= 4 is 34.4 Å². The van der Waals surface area contributed by atoms with E-state index in [9.17, 15) is 0 Å². The van der Waals surface area contributed by atoms with E-state index >= 15 is 0 Å². The van der Waals surface area contributed by atoms with Crippen molar-refractivity contribution in [3.05, 3.63) is 63.7 Å². The van der Waals surface area contributed by atoms with Crippen LogP contribution < -0.4 is 11.3 Å². The lowest BCUT2D eigenvalue weighted by Gasteiger charge is -2.15. The van der Waals surface area contributed by atoms with Crippen LogP contribution in [0.15, 0.2) is 59.5 Å². The van der Waals surface area contributed by atoms with Gasteiger partial charge in [-0.15, -0.1) is 11.8 Å². The van der Waals surface area contributed by atoms with Gasteiger partial charge in [0, 0.05) is 20.3 Å². The highest BCUT2D eigenvalue weighted by molar-refractivity contribution is 14.1. The van der Waals surface area contributed by atoms with Crippen LogP contribution in [-0.2, 0) is 6.42 Å². The Morgan fingerprint density at radius 1 is 1.05 bits per heavy atom. The molecule has 1 atom stereocenters. The molecule has 0 aliphatic rings. The number of thioether (sulfide) groups is 1. The second-order valence-electron chi connectivity index (χ2n) is 4.32. The Morgan fingerprint density at radius 3 is 2.37 bits per heavy atom. The normalized spacial score (nSPS) is 12.3. The van der Waals surface area contributed by atoms with Crippen molar-refractivity contribution < 1.29 is 0 Å². The monoisotopic (exact) mass is 384 g/mol. The zero-order chi connectivity index (χ0) is 13.5. The van der Waals surface area contributed by atoms with Gasteiger partial charge in [0.05, 0.1) is 0 Å². The van der Waals surface area contributed by atoms with Crippen molar-refractivity contribution in [2.24, 2.45) is 5.84 Å². The predicted octanol–water partition coefficient (Wildman–Crippen LogP) is 3.46. The van der Waals surface area contributed by atoms with E-state index in [2.05, 4.69) is 76.5 Å². The quantitative estimate of drug-likeness (QED) is 0.347. The molecule has 100 valence electrons. The first-order chi connectivity index (χ1) is 9.28. The van der Waals surface area contributed by atoms with Gasteiger partial charge in [-0.05, 0) is 58.8 Å². The molecule has 3 N–H and O–H groups in total. The van der Waals surface area contributed by atoms with Gasteiger partial charge in [-0.2, -0.15) is 0 Å². The topological polar surface area (TPSA) is 38.0 Å². The Labute approximate surface area is 132 Å². The molecule has 0 saturated carbocycles. The molecule has 0 spiro atoms. The highest BCUT2D eigenvalue weighted by Gasteiger charge is 2.08. The van der Waals surface area contributed by atoms with Gasteiger partial charge in [-0.3, -0.25) is 11.3 Å². The van der Waals surface area contributed by atoms with Crippen LogP contribution in [0, 0.1) is 3.57 Å². The van der Waals surface area contributed by atoms with Gasteiger partial charge in [0.1, 0.15) is 0 Å². The molecule has 2 nitrogen and oxygen atoms in total. The summed E-state index contributed by atoms with van der Waals surface area (Å²) < 4.78 is 1.26. The zero-order valence-corrected chi connectivity index (χ0v) is 13.5. The average Bonchev–Trinajstić information content (AvgIpc) is 2.46. The maximum Gasteiger partial charge on any atom is 0.0344 e. The van der Waals surface area contributed by atoms with E-state index < -0.39 is 0 Å². The molecular weight excluding hydrogens is 367 g/mol. The van der Waals surface area contributed by atoms with Gasteiger partial charge in [0.2, 0.25) is 0 Å². The lowest BCUT2D eigenvalue weighted by atomic mass is 10.1. The molecule has 2 aromatic rings. The van der Waals surface area contributed by atoms with Gasteiger partial charge >= 0.3 is 0 Å². The van der Waals surface area contributed by atoms with E-state index in [1.54, 1.807) is 0 Å². The van der Waals surface area contributed by atoms with E-state index in [4.69, 9.17) is 5.84 Å². The van der Waals surface area contributed by atoms with Crippen LogP contribution in [0.1, 0.15) is 5.56 Å². The number of hydrogen-bond acceptors (Lipinski definition) is 3. The Morgan fingerprint density at radius 2 is 1.74 bits per heavy atom. The molecule has 0 aromatic heterocycles. The van der Waals surface area contributed by atoms with E-state index in [1.807, 2.05) is 17.8 Å². The molecule has 0 saturated heterocycles. The van der Waals surface area contributed by atoms with Gasteiger partial charge in [-0.25, -0.2) is 0 Å². The van der Waals surface area contributed by atoms with Gasteiger partial charge < -0.3 is 0 Å². The molecule has 19 heavy (non-hydrogen) atoms. The minimum absolute atomic E-state index is 0.283. The fraction of sp³-hybridized carbons (Fsp3) is 0.200. The summed E-state index contributed by atoms with van der Waals surface area (Å²) in [5.74, 6) is 6.61. The summed E-state index contributed by atoms with van der Waals surface area (Å²) in [6.07, 6.45) is 0.952. The van der Waals surface area contributed by atoms with E-state index in [0.29, 0.717) is 0 Å². The van der Waals surface area contributed by atoms with Gasteiger partial charge in [0.25, 0.3) is 0 Å². The molecule has 1 unspecified atom stereocenters. The summed E-state index contributed by atoms with van der Waals surface area (Å²) in [5, 5.41) is 0. The van der Waals surface area contributed by atoms with Gasteiger partial charge in [0.15, 0.2) is 0 Å². The third-order valence-electron chi connectivity index (χ3n) is 2.83. The highest BCUT2D eigenvalue weighted by atomic mass is 127. The Hall–Kier alpha value is -0.560. The Kier molecular flexibility index (Phi) is 6.16. The highest BCUT2D eigenvalue weighted by Crippen LogP contribution is 2.19. The SMILES string of the molecule is NNC(CSc1ccccc1)Cc1ccc(I)cc1. The minimum atomic E-state index is 0.283. The van der Waals surface area contributed by atoms with Crippen LogP contribution in [-0.4, -0.2) is 11.8 Å². The van der Waals surface area contributed by atoms with Crippen molar-refractivity contribution in [1.29, 1.82) is 0 Å². The average molecular weight is 384 g/mol. The Balaban J connectivity index is 1.88. The maximum atomic E-state index is 5.65. The minimum Gasteiger partial charge on any atom is -0.271 e. The van der Waals surface area contributed by atoms with Crippen LogP contribution in [0.25, 0.3) is 0 Å². The molecule has 0 heterocycles.